The number of rotatable bonds is 1. The molecule has 1 saturated heterocycles. The SMILES string of the molecule is C#Cc1cc(C=C2C(=O)OC(C)(C)OC2=O)ccc1F. The van der Waals surface area contributed by atoms with Crippen molar-refractivity contribution in [3.8, 4) is 12.3 Å². The molecule has 0 aromatic heterocycles. The van der Waals surface area contributed by atoms with Crippen molar-refractivity contribution in [1.29, 1.82) is 0 Å². The molecule has 20 heavy (non-hydrogen) atoms. The van der Waals surface area contributed by atoms with E-state index in [9.17, 15) is 14.0 Å². The molecule has 0 saturated carbocycles. The van der Waals surface area contributed by atoms with E-state index in [1.807, 2.05) is 0 Å². The van der Waals surface area contributed by atoms with E-state index in [4.69, 9.17) is 15.9 Å². The summed E-state index contributed by atoms with van der Waals surface area (Å²) in [6, 6.07) is 3.90. The van der Waals surface area contributed by atoms with Crippen LogP contribution in [0.25, 0.3) is 6.08 Å². The zero-order valence-corrected chi connectivity index (χ0v) is 10.9. The van der Waals surface area contributed by atoms with Crippen molar-refractivity contribution < 1.29 is 23.5 Å². The van der Waals surface area contributed by atoms with E-state index in [-0.39, 0.29) is 11.1 Å². The van der Waals surface area contributed by atoms with E-state index in [1.165, 1.54) is 32.1 Å². The number of ether oxygens (including phenoxy) is 2. The highest BCUT2D eigenvalue weighted by Crippen LogP contribution is 2.24. The van der Waals surface area contributed by atoms with Gasteiger partial charge in [-0.25, -0.2) is 14.0 Å². The molecule has 1 heterocycles. The van der Waals surface area contributed by atoms with E-state index in [0.29, 0.717) is 5.56 Å². The molecule has 1 aromatic rings. The number of halogens is 1. The van der Waals surface area contributed by atoms with Gasteiger partial charge in [-0.1, -0.05) is 12.0 Å². The second-order valence-corrected chi connectivity index (χ2v) is 4.62. The Balaban J connectivity index is 2.39. The van der Waals surface area contributed by atoms with Crippen molar-refractivity contribution in [3.63, 3.8) is 0 Å². The third kappa shape index (κ3) is 2.69. The summed E-state index contributed by atoms with van der Waals surface area (Å²) < 4.78 is 23.1. The standard InChI is InChI=1S/C15H11FO4/c1-4-10-7-9(5-6-12(10)16)8-11-13(17)19-15(2,3)20-14(11)18/h1,5-8H,2-3H3. The summed E-state index contributed by atoms with van der Waals surface area (Å²) in [5.41, 5.74) is 0.180. The molecule has 0 radical (unpaired) electrons. The lowest BCUT2D eigenvalue weighted by Gasteiger charge is -2.29. The summed E-state index contributed by atoms with van der Waals surface area (Å²) in [5.74, 6) is -1.26. The van der Waals surface area contributed by atoms with Crippen LogP contribution < -0.4 is 0 Å². The van der Waals surface area contributed by atoms with Crippen molar-refractivity contribution in [2.75, 3.05) is 0 Å². The molecule has 0 spiro atoms. The second kappa shape index (κ2) is 4.82. The Morgan fingerprint density at radius 3 is 2.40 bits per heavy atom. The molecular formula is C15H11FO4. The van der Waals surface area contributed by atoms with Gasteiger partial charge in [-0.05, 0) is 23.8 Å². The fourth-order valence-corrected chi connectivity index (χ4v) is 1.69. The van der Waals surface area contributed by atoms with Crippen LogP contribution in [0.1, 0.15) is 25.0 Å². The van der Waals surface area contributed by atoms with Gasteiger partial charge >= 0.3 is 11.9 Å². The van der Waals surface area contributed by atoms with Gasteiger partial charge in [0, 0.05) is 13.8 Å². The largest absolute Gasteiger partial charge is 0.419 e. The van der Waals surface area contributed by atoms with Gasteiger partial charge in [-0.15, -0.1) is 6.42 Å². The minimum absolute atomic E-state index is 0.0391. The maximum Gasteiger partial charge on any atom is 0.348 e. The first-order valence-electron chi connectivity index (χ1n) is 5.77. The smallest absolute Gasteiger partial charge is 0.348 e. The van der Waals surface area contributed by atoms with E-state index < -0.39 is 23.5 Å². The van der Waals surface area contributed by atoms with Crippen molar-refractivity contribution in [1.82, 2.24) is 0 Å². The summed E-state index contributed by atoms with van der Waals surface area (Å²) in [6.45, 7) is 2.90. The van der Waals surface area contributed by atoms with E-state index in [1.54, 1.807) is 0 Å². The first kappa shape index (κ1) is 13.8. The molecule has 102 valence electrons. The van der Waals surface area contributed by atoms with Crippen LogP contribution in [-0.4, -0.2) is 17.7 Å². The van der Waals surface area contributed by atoms with Crippen LogP contribution in [-0.2, 0) is 19.1 Å². The van der Waals surface area contributed by atoms with Gasteiger partial charge in [0.2, 0.25) is 0 Å². The minimum atomic E-state index is -1.29. The lowest BCUT2D eigenvalue weighted by Crippen LogP contribution is -2.41. The Hall–Kier alpha value is -2.61. The molecule has 4 nitrogen and oxygen atoms in total. The molecule has 0 unspecified atom stereocenters. The molecule has 2 rings (SSSR count). The summed E-state index contributed by atoms with van der Waals surface area (Å²) >= 11 is 0. The number of carbonyl (C=O) groups excluding carboxylic acids is 2. The van der Waals surface area contributed by atoms with Gasteiger partial charge in [0.15, 0.2) is 0 Å². The highest BCUT2D eigenvalue weighted by molar-refractivity contribution is 6.18. The summed E-state index contributed by atoms with van der Waals surface area (Å²) in [5, 5.41) is 0. The zero-order chi connectivity index (χ0) is 14.9. The molecule has 0 aliphatic carbocycles. The average Bonchev–Trinajstić information content (AvgIpc) is 2.34. The molecule has 1 aromatic carbocycles. The molecule has 1 aliphatic rings. The van der Waals surface area contributed by atoms with Gasteiger partial charge in [0.05, 0.1) is 5.56 Å². The molecule has 5 heteroatoms. The van der Waals surface area contributed by atoms with Crippen LogP contribution in [0.3, 0.4) is 0 Å². The van der Waals surface area contributed by atoms with Crippen LogP contribution >= 0.6 is 0 Å². The number of hydrogen-bond acceptors (Lipinski definition) is 4. The topological polar surface area (TPSA) is 52.6 Å². The number of terminal acetylenes is 1. The first-order valence-corrected chi connectivity index (χ1v) is 5.77. The molecule has 0 amide bonds. The molecule has 0 bridgehead atoms. The third-order valence-corrected chi connectivity index (χ3v) is 2.57. The van der Waals surface area contributed by atoms with Gasteiger partial charge in [-0.3, -0.25) is 0 Å². The van der Waals surface area contributed by atoms with Crippen LogP contribution in [0.15, 0.2) is 23.8 Å². The number of hydrogen-bond donors (Lipinski definition) is 0. The monoisotopic (exact) mass is 274 g/mol. The zero-order valence-electron chi connectivity index (χ0n) is 10.9. The molecule has 0 N–H and O–H groups in total. The highest BCUT2D eigenvalue weighted by atomic mass is 19.1. The lowest BCUT2D eigenvalue weighted by molar-refractivity contribution is -0.222. The summed E-state index contributed by atoms with van der Waals surface area (Å²) in [7, 11) is 0. The third-order valence-electron chi connectivity index (χ3n) is 2.57. The van der Waals surface area contributed by atoms with Crippen molar-refractivity contribution in [2.24, 2.45) is 0 Å². The molecule has 0 atom stereocenters. The minimum Gasteiger partial charge on any atom is -0.419 e. The van der Waals surface area contributed by atoms with Gasteiger partial charge < -0.3 is 9.47 Å². The van der Waals surface area contributed by atoms with Crippen molar-refractivity contribution in [2.45, 2.75) is 19.6 Å². The average molecular weight is 274 g/mol. The number of carbonyl (C=O) groups is 2. The summed E-state index contributed by atoms with van der Waals surface area (Å²) in [4.78, 5) is 23.5. The predicted octanol–water partition coefficient (Wildman–Crippen LogP) is 2.03. The van der Waals surface area contributed by atoms with Gasteiger partial charge in [-0.2, -0.15) is 0 Å². The van der Waals surface area contributed by atoms with Crippen molar-refractivity contribution >= 4 is 18.0 Å². The maximum atomic E-state index is 13.3. The molecule has 1 fully saturated rings. The highest BCUT2D eigenvalue weighted by Gasteiger charge is 2.38. The van der Waals surface area contributed by atoms with Crippen LogP contribution in [0.2, 0.25) is 0 Å². The van der Waals surface area contributed by atoms with Crippen LogP contribution in [0.5, 0.6) is 0 Å². The number of esters is 2. The Bertz CT molecular complexity index is 643. The maximum absolute atomic E-state index is 13.3. The quantitative estimate of drug-likeness (QED) is 0.340. The van der Waals surface area contributed by atoms with Crippen LogP contribution in [0, 0.1) is 18.2 Å². The van der Waals surface area contributed by atoms with Crippen molar-refractivity contribution in [3.05, 3.63) is 40.7 Å². The van der Waals surface area contributed by atoms with E-state index in [2.05, 4.69) is 5.92 Å². The van der Waals surface area contributed by atoms with Gasteiger partial charge in [0.25, 0.3) is 5.79 Å². The lowest BCUT2D eigenvalue weighted by atomic mass is 10.1. The van der Waals surface area contributed by atoms with Crippen LogP contribution in [0.4, 0.5) is 4.39 Å². The van der Waals surface area contributed by atoms with Gasteiger partial charge in [0.1, 0.15) is 11.4 Å². The predicted molar refractivity (Wildman–Crippen MR) is 68.6 cm³/mol. The first-order chi connectivity index (χ1) is 9.32. The van der Waals surface area contributed by atoms with E-state index >= 15 is 0 Å². The Labute approximate surface area is 115 Å². The molecular weight excluding hydrogens is 263 g/mol. The Morgan fingerprint density at radius 2 is 1.85 bits per heavy atom. The fourth-order valence-electron chi connectivity index (χ4n) is 1.69. The number of cyclic esters (lactones) is 2. The summed E-state index contributed by atoms with van der Waals surface area (Å²) in [6.07, 6.45) is 6.40. The fraction of sp³-hybridized carbons (Fsp3) is 0.200. The molecule has 1 aliphatic heterocycles. The Kier molecular flexibility index (Phi) is 3.33. The number of benzene rings is 1. The normalized spacial score (nSPS) is 17.0. The Morgan fingerprint density at radius 1 is 1.25 bits per heavy atom. The second-order valence-electron chi connectivity index (χ2n) is 4.62. The van der Waals surface area contributed by atoms with E-state index in [0.717, 1.165) is 6.07 Å².